The second-order valence-corrected chi connectivity index (χ2v) is 7.93. The van der Waals surface area contributed by atoms with Gasteiger partial charge < -0.3 is 20.4 Å². The fraction of sp³-hybridized carbons (Fsp3) is 0.167. The van der Waals surface area contributed by atoms with Crippen molar-refractivity contribution >= 4 is 29.4 Å². The first-order chi connectivity index (χ1) is 16.7. The fourth-order valence-electron chi connectivity index (χ4n) is 3.64. The number of urea groups is 1. The van der Waals surface area contributed by atoms with Crippen LogP contribution in [-0.4, -0.2) is 35.2 Å². The van der Waals surface area contributed by atoms with Gasteiger partial charge in [0.1, 0.15) is 17.8 Å². The van der Waals surface area contributed by atoms with Crippen molar-refractivity contribution in [2.24, 2.45) is 0 Å². The average molecular weight is 482 g/mol. The van der Waals surface area contributed by atoms with Crippen molar-refractivity contribution in [3.05, 3.63) is 89.4 Å². The van der Waals surface area contributed by atoms with Crippen LogP contribution in [0.1, 0.15) is 28.6 Å². The lowest BCUT2D eigenvalue weighted by Gasteiger charge is -2.22. The van der Waals surface area contributed by atoms with Gasteiger partial charge in [-0.2, -0.15) is 0 Å². The van der Waals surface area contributed by atoms with Gasteiger partial charge in [-0.05, 0) is 48.9 Å². The Morgan fingerprint density at radius 3 is 2.54 bits per heavy atom. The quantitative estimate of drug-likeness (QED) is 0.447. The van der Waals surface area contributed by atoms with Crippen LogP contribution in [0.15, 0.2) is 65.3 Å². The summed E-state index contributed by atoms with van der Waals surface area (Å²) in [5, 5.41) is 7.62. The second-order valence-electron chi connectivity index (χ2n) is 7.93. The number of hydrogen-bond donors (Lipinski definition) is 3. The summed E-state index contributed by atoms with van der Waals surface area (Å²) in [5.74, 6) is -3.76. The number of carbonyl (C=O) groups excluding carboxylic acids is 4. The van der Waals surface area contributed by atoms with Gasteiger partial charge in [0.15, 0.2) is 11.6 Å². The monoisotopic (exact) mass is 482 g/mol. The maximum absolute atomic E-state index is 13.7. The minimum Gasteiger partial charge on any atom is -0.467 e. The molecule has 1 saturated heterocycles. The average Bonchev–Trinajstić information content (AvgIpc) is 3.42. The lowest BCUT2D eigenvalue weighted by Crippen LogP contribution is -2.42. The molecule has 1 aromatic heterocycles. The number of furan rings is 1. The summed E-state index contributed by atoms with van der Waals surface area (Å²) < 4.78 is 32.2. The lowest BCUT2D eigenvalue weighted by molar-refractivity contribution is -0.133. The molecule has 1 fully saturated rings. The largest absolute Gasteiger partial charge is 0.467 e. The highest BCUT2D eigenvalue weighted by Gasteiger charge is 2.49. The number of anilines is 1. The Bertz CT molecular complexity index is 1310. The molecule has 0 bridgehead atoms. The van der Waals surface area contributed by atoms with Gasteiger partial charge in [-0.25, -0.2) is 13.6 Å². The predicted octanol–water partition coefficient (Wildman–Crippen LogP) is 2.89. The van der Waals surface area contributed by atoms with E-state index in [4.69, 9.17) is 4.42 Å². The van der Waals surface area contributed by atoms with E-state index in [2.05, 4.69) is 16.0 Å². The highest BCUT2D eigenvalue weighted by atomic mass is 19.2. The van der Waals surface area contributed by atoms with Gasteiger partial charge in [0.25, 0.3) is 11.8 Å². The number of para-hydroxylation sites is 1. The zero-order chi connectivity index (χ0) is 25.2. The van der Waals surface area contributed by atoms with Crippen LogP contribution in [-0.2, 0) is 21.7 Å². The summed E-state index contributed by atoms with van der Waals surface area (Å²) in [6.45, 7) is 0.807. The van der Waals surface area contributed by atoms with E-state index in [1.807, 2.05) is 0 Å². The molecular weight excluding hydrogens is 462 g/mol. The number of nitrogens with one attached hydrogen (secondary N) is 3. The van der Waals surface area contributed by atoms with Gasteiger partial charge in [-0.3, -0.25) is 19.3 Å². The van der Waals surface area contributed by atoms with E-state index < -0.39 is 47.5 Å². The van der Waals surface area contributed by atoms with E-state index >= 15 is 0 Å². The Morgan fingerprint density at radius 1 is 1.06 bits per heavy atom. The van der Waals surface area contributed by atoms with Gasteiger partial charge in [0.05, 0.1) is 24.1 Å². The minimum absolute atomic E-state index is 0.0243. The van der Waals surface area contributed by atoms with Crippen LogP contribution in [0.4, 0.5) is 19.3 Å². The first-order valence-electron chi connectivity index (χ1n) is 10.5. The topological polar surface area (TPSA) is 121 Å². The molecule has 2 aromatic carbocycles. The van der Waals surface area contributed by atoms with E-state index in [0.717, 1.165) is 12.1 Å². The molecule has 2 heterocycles. The Kier molecular flexibility index (Phi) is 6.32. The number of hydrogen-bond acceptors (Lipinski definition) is 5. The van der Waals surface area contributed by atoms with Crippen molar-refractivity contribution < 1.29 is 32.4 Å². The summed E-state index contributed by atoms with van der Waals surface area (Å²) in [4.78, 5) is 51.4. The van der Waals surface area contributed by atoms with Crippen LogP contribution in [0.5, 0.6) is 0 Å². The standard InChI is InChI=1S/C24H20F2N4O5/c1-24(14-8-9-17(25)18(26)11-14)22(33)30(23(34)29-24)13-20(31)28-19-7-3-2-6-16(19)21(32)27-12-15-5-4-10-35-15/h2-11H,12-13H2,1H3,(H,27,32)(H,28,31)(H,29,34)/t24-/m0/s1. The molecule has 0 unspecified atom stereocenters. The summed E-state index contributed by atoms with van der Waals surface area (Å²) in [7, 11) is 0. The van der Waals surface area contributed by atoms with Crippen molar-refractivity contribution in [2.75, 3.05) is 11.9 Å². The molecule has 4 rings (SSSR count). The van der Waals surface area contributed by atoms with E-state index in [1.54, 1.807) is 24.3 Å². The maximum atomic E-state index is 13.7. The molecule has 3 aromatic rings. The first-order valence-corrected chi connectivity index (χ1v) is 10.5. The van der Waals surface area contributed by atoms with Gasteiger partial charge in [0.2, 0.25) is 5.91 Å². The van der Waals surface area contributed by atoms with Crippen LogP contribution < -0.4 is 16.0 Å². The molecule has 1 aliphatic rings. The minimum atomic E-state index is -1.68. The maximum Gasteiger partial charge on any atom is 0.325 e. The molecule has 11 heteroatoms. The third-order valence-corrected chi connectivity index (χ3v) is 5.52. The predicted molar refractivity (Wildman–Crippen MR) is 119 cm³/mol. The van der Waals surface area contributed by atoms with E-state index in [0.29, 0.717) is 10.7 Å². The molecule has 0 spiro atoms. The second kappa shape index (κ2) is 9.37. The van der Waals surface area contributed by atoms with Crippen molar-refractivity contribution in [2.45, 2.75) is 19.0 Å². The number of halogens is 2. The van der Waals surface area contributed by atoms with Crippen LogP contribution in [0.2, 0.25) is 0 Å². The van der Waals surface area contributed by atoms with Crippen molar-refractivity contribution in [3.8, 4) is 0 Å². The van der Waals surface area contributed by atoms with Gasteiger partial charge in [0, 0.05) is 0 Å². The van der Waals surface area contributed by atoms with Gasteiger partial charge in [-0.15, -0.1) is 0 Å². The Hall–Kier alpha value is -4.54. The van der Waals surface area contributed by atoms with Crippen LogP contribution in [0.25, 0.3) is 0 Å². The SMILES string of the molecule is C[C@@]1(c2ccc(F)c(F)c2)NC(=O)N(CC(=O)Nc2ccccc2C(=O)NCc2ccco2)C1=O. The van der Waals surface area contributed by atoms with Crippen molar-refractivity contribution in [1.29, 1.82) is 0 Å². The zero-order valence-corrected chi connectivity index (χ0v) is 18.4. The first kappa shape index (κ1) is 23.6. The third-order valence-electron chi connectivity index (χ3n) is 5.52. The molecule has 180 valence electrons. The molecule has 1 atom stereocenters. The normalized spacial score (nSPS) is 17.3. The molecule has 1 aliphatic heterocycles. The summed E-state index contributed by atoms with van der Waals surface area (Å²) >= 11 is 0. The Morgan fingerprint density at radius 2 is 1.83 bits per heavy atom. The molecule has 0 radical (unpaired) electrons. The summed E-state index contributed by atoms with van der Waals surface area (Å²) in [6, 6.07) is 11.6. The molecule has 35 heavy (non-hydrogen) atoms. The Balaban J connectivity index is 1.45. The third kappa shape index (κ3) is 4.74. The van der Waals surface area contributed by atoms with Crippen LogP contribution in [0.3, 0.4) is 0 Å². The van der Waals surface area contributed by atoms with Crippen LogP contribution >= 0.6 is 0 Å². The fourth-order valence-corrected chi connectivity index (χ4v) is 3.64. The highest BCUT2D eigenvalue weighted by Crippen LogP contribution is 2.29. The number of nitrogens with zero attached hydrogens (tertiary/aromatic N) is 1. The molecule has 3 N–H and O–H groups in total. The smallest absolute Gasteiger partial charge is 0.325 e. The highest BCUT2D eigenvalue weighted by molar-refractivity contribution is 6.11. The summed E-state index contributed by atoms with van der Waals surface area (Å²) in [6.07, 6.45) is 1.48. The van der Waals surface area contributed by atoms with Gasteiger partial charge in [-0.1, -0.05) is 18.2 Å². The lowest BCUT2D eigenvalue weighted by atomic mass is 9.92. The van der Waals surface area contributed by atoms with Crippen LogP contribution in [0, 0.1) is 11.6 Å². The zero-order valence-electron chi connectivity index (χ0n) is 18.4. The van der Waals surface area contributed by atoms with E-state index in [-0.39, 0.29) is 23.4 Å². The molecule has 9 nitrogen and oxygen atoms in total. The van der Waals surface area contributed by atoms with Crippen molar-refractivity contribution in [3.63, 3.8) is 0 Å². The molecule has 5 amide bonds. The number of rotatable bonds is 7. The Labute approximate surface area is 198 Å². The van der Waals surface area contributed by atoms with E-state index in [1.165, 1.54) is 31.4 Å². The molecule has 0 saturated carbocycles. The number of benzene rings is 2. The molecular formula is C24H20F2N4O5. The number of carbonyl (C=O) groups is 4. The molecule has 0 aliphatic carbocycles. The summed E-state index contributed by atoms with van der Waals surface area (Å²) in [5.41, 5.74) is -1.33. The van der Waals surface area contributed by atoms with Crippen molar-refractivity contribution in [1.82, 2.24) is 15.5 Å². The van der Waals surface area contributed by atoms with Gasteiger partial charge >= 0.3 is 6.03 Å². The number of imide groups is 1. The van der Waals surface area contributed by atoms with E-state index in [9.17, 15) is 28.0 Å². The number of amides is 5.